The van der Waals surface area contributed by atoms with Crippen molar-refractivity contribution in [2.24, 2.45) is 0 Å². The smallest absolute Gasteiger partial charge is 0.248 e. The maximum atomic E-state index is 12.5. The van der Waals surface area contributed by atoms with Crippen molar-refractivity contribution in [1.29, 1.82) is 0 Å². The van der Waals surface area contributed by atoms with Gasteiger partial charge in [0.05, 0.1) is 28.4 Å². The van der Waals surface area contributed by atoms with Crippen molar-refractivity contribution in [3.05, 3.63) is 72.3 Å². The first-order valence-electron chi connectivity index (χ1n) is 9.62. The fraction of sp³-hybridized carbons (Fsp3) is 0.160. The Kier molecular flexibility index (Phi) is 7.17. The molecule has 3 aromatic carbocycles. The van der Waals surface area contributed by atoms with Crippen molar-refractivity contribution >= 4 is 17.7 Å². The minimum absolute atomic E-state index is 0.268. The minimum Gasteiger partial charge on any atom is -0.497 e. The van der Waals surface area contributed by atoms with Crippen LogP contribution in [0.5, 0.6) is 23.0 Å². The summed E-state index contributed by atoms with van der Waals surface area (Å²) in [4.78, 5) is 12.5. The molecule has 0 heterocycles. The number of carbonyl (C=O) groups excluding carboxylic acids is 1. The van der Waals surface area contributed by atoms with Crippen LogP contribution in [0, 0.1) is 0 Å². The summed E-state index contributed by atoms with van der Waals surface area (Å²) in [6.07, 6.45) is 3.14. The van der Waals surface area contributed by atoms with E-state index in [9.17, 15) is 4.79 Å². The highest BCUT2D eigenvalue weighted by molar-refractivity contribution is 6.02. The molecule has 0 spiro atoms. The highest BCUT2D eigenvalue weighted by Gasteiger charge is 2.10. The summed E-state index contributed by atoms with van der Waals surface area (Å²) in [5, 5.41) is 2.88. The summed E-state index contributed by atoms with van der Waals surface area (Å²) < 4.78 is 21.4. The molecular weight excluding hydrogens is 394 g/mol. The molecule has 0 radical (unpaired) electrons. The number of hydrogen-bond donors (Lipinski definition) is 1. The molecule has 6 nitrogen and oxygen atoms in total. The van der Waals surface area contributed by atoms with E-state index >= 15 is 0 Å². The van der Waals surface area contributed by atoms with Gasteiger partial charge in [-0.25, -0.2) is 0 Å². The molecule has 0 aromatic heterocycles. The van der Waals surface area contributed by atoms with Crippen molar-refractivity contribution < 1.29 is 23.7 Å². The van der Waals surface area contributed by atoms with E-state index in [1.165, 1.54) is 6.08 Å². The molecule has 0 aliphatic rings. The van der Waals surface area contributed by atoms with Crippen LogP contribution in [0.25, 0.3) is 17.2 Å². The number of amides is 1. The summed E-state index contributed by atoms with van der Waals surface area (Å²) in [5.74, 6) is 2.38. The number of carbonyl (C=O) groups is 1. The van der Waals surface area contributed by atoms with Gasteiger partial charge in [0, 0.05) is 22.9 Å². The van der Waals surface area contributed by atoms with E-state index in [-0.39, 0.29) is 5.91 Å². The first-order valence-corrected chi connectivity index (χ1v) is 9.62. The van der Waals surface area contributed by atoms with Crippen LogP contribution in [0.2, 0.25) is 0 Å². The van der Waals surface area contributed by atoms with Gasteiger partial charge in [0.15, 0.2) is 11.5 Å². The predicted octanol–water partition coefficient (Wildman–Crippen LogP) is 5.04. The number of nitrogens with one attached hydrogen (secondary N) is 1. The van der Waals surface area contributed by atoms with E-state index in [1.54, 1.807) is 46.6 Å². The Labute approximate surface area is 182 Å². The van der Waals surface area contributed by atoms with Crippen LogP contribution in [0.15, 0.2) is 66.7 Å². The van der Waals surface area contributed by atoms with Gasteiger partial charge in [-0.1, -0.05) is 24.3 Å². The number of benzene rings is 3. The number of methoxy groups -OCH3 is 4. The van der Waals surface area contributed by atoms with Crippen LogP contribution in [-0.4, -0.2) is 34.3 Å². The highest BCUT2D eigenvalue weighted by atomic mass is 16.5. The van der Waals surface area contributed by atoms with Crippen molar-refractivity contribution in [2.45, 2.75) is 0 Å². The van der Waals surface area contributed by atoms with Crippen molar-refractivity contribution in [3.63, 3.8) is 0 Å². The largest absolute Gasteiger partial charge is 0.497 e. The van der Waals surface area contributed by atoms with Gasteiger partial charge < -0.3 is 24.3 Å². The zero-order valence-electron chi connectivity index (χ0n) is 18.0. The van der Waals surface area contributed by atoms with Crippen LogP contribution in [0.1, 0.15) is 5.56 Å². The number of rotatable bonds is 8. The summed E-state index contributed by atoms with van der Waals surface area (Å²) in [6, 6.07) is 18.6. The lowest BCUT2D eigenvalue weighted by molar-refractivity contribution is -0.111. The fourth-order valence-corrected chi connectivity index (χ4v) is 3.17. The Morgan fingerprint density at radius 2 is 1.55 bits per heavy atom. The average molecular weight is 419 g/mol. The number of anilines is 1. The first-order chi connectivity index (χ1) is 15.1. The number of ether oxygens (including phenoxy) is 4. The Hall–Kier alpha value is -3.93. The Morgan fingerprint density at radius 3 is 2.19 bits per heavy atom. The lowest BCUT2D eigenvalue weighted by Gasteiger charge is -2.12. The zero-order chi connectivity index (χ0) is 22.2. The summed E-state index contributed by atoms with van der Waals surface area (Å²) in [6.45, 7) is 0. The Morgan fingerprint density at radius 1 is 0.806 bits per heavy atom. The van der Waals surface area contributed by atoms with Gasteiger partial charge >= 0.3 is 0 Å². The molecule has 0 fully saturated rings. The van der Waals surface area contributed by atoms with E-state index in [0.29, 0.717) is 22.9 Å². The molecule has 160 valence electrons. The molecule has 1 amide bonds. The van der Waals surface area contributed by atoms with Gasteiger partial charge in [0.25, 0.3) is 0 Å². The third-order valence-electron chi connectivity index (χ3n) is 4.72. The highest BCUT2D eigenvalue weighted by Crippen LogP contribution is 2.34. The van der Waals surface area contributed by atoms with Crippen LogP contribution in [0.4, 0.5) is 5.69 Å². The molecule has 0 atom stereocenters. The molecule has 0 aliphatic carbocycles. The summed E-state index contributed by atoms with van der Waals surface area (Å²) in [7, 11) is 6.38. The average Bonchev–Trinajstić information content (AvgIpc) is 2.82. The van der Waals surface area contributed by atoms with Gasteiger partial charge in [0.1, 0.15) is 11.5 Å². The molecule has 0 aliphatic heterocycles. The maximum absolute atomic E-state index is 12.5. The normalized spacial score (nSPS) is 10.6. The van der Waals surface area contributed by atoms with Gasteiger partial charge in [0.2, 0.25) is 5.91 Å². The molecule has 1 N–H and O–H groups in total. The molecule has 3 rings (SSSR count). The van der Waals surface area contributed by atoms with E-state index in [1.807, 2.05) is 48.5 Å². The SMILES string of the molecule is COc1ccc(-c2cc(NC(=O)/C=C/c3cccc(OC)c3OC)ccc2OC)cc1. The lowest BCUT2D eigenvalue weighted by Crippen LogP contribution is -2.08. The van der Waals surface area contributed by atoms with E-state index in [2.05, 4.69) is 5.32 Å². The molecule has 0 saturated carbocycles. The quantitative estimate of drug-likeness (QED) is 0.518. The number of hydrogen-bond acceptors (Lipinski definition) is 5. The second-order valence-corrected chi connectivity index (χ2v) is 6.55. The second-order valence-electron chi connectivity index (χ2n) is 6.55. The van der Waals surface area contributed by atoms with Gasteiger partial charge in [-0.2, -0.15) is 0 Å². The van der Waals surface area contributed by atoms with Gasteiger partial charge in [-0.15, -0.1) is 0 Å². The minimum atomic E-state index is -0.268. The van der Waals surface area contributed by atoms with Crippen molar-refractivity contribution in [1.82, 2.24) is 0 Å². The van der Waals surface area contributed by atoms with Crippen LogP contribution in [0.3, 0.4) is 0 Å². The Balaban J connectivity index is 1.81. The third-order valence-corrected chi connectivity index (χ3v) is 4.72. The van der Waals surface area contributed by atoms with Gasteiger partial charge in [-0.05, 0) is 48.0 Å². The van der Waals surface area contributed by atoms with Crippen molar-refractivity contribution in [3.8, 4) is 34.1 Å². The molecule has 6 heteroatoms. The lowest BCUT2D eigenvalue weighted by atomic mass is 10.0. The van der Waals surface area contributed by atoms with E-state index in [0.717, 1.165) is 22.4 Å². The fourth-order valence-electron chi connectivity index (χ4n) is 3.17. The van der Waals surface area contributed by atoms with Gasteiger partial charge in [-0.3, -0.25) is 4.79 Å². The molecule has 0 saturated heterocycles. The molecule has 3 aromatic rings. The summed E-state index contributed by atoms with van der Waals surface area (Å²) >= 11 is 0. The predicted molar refractivity (Wildman–Crippen MR) is 122 cm³/mol. The van der Waals surface area contributed by atoms with Crippen molar-refractivity contribution in [2.75, 3.05) is 33.8 Å². The van der Waals surface area contributed by atoms with E-state index < -0.39 is 0 Å². The first kappa shape index (κ1) is 21.8. The van der Waals surface area contributed by atoms with Crippen LogP contribution in [-0.2, 0) is 4.79 Å². The topological polar surface area (TPSA) is 66.0 Å². The molecule has 0 bridgehead atoms. The Bertz CT molecular complexity index is 1070. The summed E-state index contributed by atoms with van der Waals surface area (Å²) in [5.41, 5.74) is 3.20. The molecule has 31 heavy (non-hydrogen) atoms. The molecule has 0 unspecified atom stereocenters. The molecular formula is C25H25NO5. The maximum Gasteiger partial charge on any atom is 0.248 e. The monoisotopic (exact) mass is 419 g/mol. The van der Waals surface area contributed by atoms with Crippen LogP contribution >= 0.6 is 0 Å². The van der Waals surface area contributed by atoms with Crippen LogP contribution < -0.4 is 24.3 Å². The van der Waals surface area contributed by atoms with E-state index in [4.69, 9.17) is 18.9 Å². The zero-order valence-corrected chi connectivity index (χ0v) is 18.0. The third kappa shape index (κ3) is 5.17. The standard InChI is InChI=1S/C25H25NO5/c1-28-20-12-8-17(9-13-20)21-16-19(11-14-22(21)29-2)26-24(27)15-10-18-6-5-7-23(30-3)25(18)31-4/h5-16H,1-4H3,(H,26,27)/b15-10+. The second kappa shape index (κ2) is 10.2. The number of para-hydroxylation sites is 1.